The van der Waals surface area contributed by atoms with Gasteiger partial charge in [-0.2, -0.15) is 0 Å². The van der Waals surface area contributed by atoms with Gasteiger partial charge in [0.05, 0.1) is 19.8 Å². The number of aryl methyl sites for hydroxylation is 1. The van der Waals surface area contributed by atoms with Gasteiger partial charge in [0.25, 0.3) is 11.8 Å². The first-order valence-corrected chi connectivity index (χ1v) is 11.8. The van der Waals surface area contributed by atoms with Gasteiger partial charge in [-0.15, -0.1) is 0 Å². The minimum Gasteiger partial charge on any atom is -0.490 e. The molecule has 33 heavy (non-hydrogen) atoms. The largest absolute Gasteiger partial charge is 0.490 e. The zero-order valence-electron chi connectivity index (χ0n) is 20.1. The molecule has 2 aromatic carbocycles. The third kappa shape index (κ3) is 5.78. The number of hydrogen-bond donors (Lipinski definition) is 0. The minimum absolute atomic E-state index is 0.00286. The van der Waals surface area contributed by atoms with Crippen LogP contribution in [0.4, 0.5) is 0 Å². The average Bonchev–Trinajstić information content (AvgIpc) is 2.85. The second-order valence-electron chi connectivity index (χ2n) is 7.74. The molecule has 2 amide bonds. The lowest BCUT2D eigenvalue weighted by atomic mass is 10.1. The highest BCUT2D eigenvalue weighted by atomic mass is 16.5. The summed E-state index contributed by atoms with van der Waals surface area (Å²) >= 11 is 0. The van der Waals surface area contributed by atoms with Crippen molar-refractivity contribution in [3.8, 4) is 17.2 Å². The summed E-state index contributed by atoms with van der Waals surface area (Å²) in [5.41, 5.74) is 2.37. The molecule has 0 spiro atoms. The number of hydrogen-bond acceptors (Lipinski definition) is 5. The Bertz CT molecular complexity index is 923. The van der Waals surface area contributed by atoms with Crippen molar-refractivity contribution in [2.45, 2.75) is 34.1 Å². The van der Waals surface area contributed by atoms with Crippen molar-refractivity contribution in [1.29, 1.82) is 0 Å². The highest BCUT2D eigenvalue weighted by Crippen LogP contribution is 2.39. The van der Waals surface area contributed by atoms with E-state index in [1.807, 2.05) is 45.0 Å². The van der Waals surface area contributed by atoms with Crippen LogP contribution in [0.2, 0.25) is 0 Å². The topological polar surface area (TPSA) is 68.3 Å². The van der Waals surface area contributed by atoms with Gasteiger partial charge in [0.15, 0.2) is 11.5 Å². The minimum atomic E-state index is -0.112. The molecule has 1 aliphatic rings. The van der Waals surface area contributed by atoms with Crippen LogP contribution in [0.5, 0.6) is 17.2 Å². The predicted molar refractivity (Wildman–Crippen MR) is 128 cm³/mol. The average molecular weight is 455 g/mol. The quantitative estimate of drug-likeness (QED) is 0.572. The van der Waals surface area contributed by atoms with E-state index in [1.165, 1.54) is 5.56 Å². The van der Waals surface area contributed by atoms with E-state index in [9.17, 15) is 9.59 Å². The summed E-state index contributed by atoms with van der Waals surface area (Å²) in [6, 6.07) is 11.2. The van der Waals surface area contributed by atoms with Gasteiger partial charge in [0, 0.05) is 37.3 Å². The molecule has 3 rings (SSSR count). The molecule has 1 aliphatic heterocycles. The van der Waals surface area contributed by atoms with Gasteiger partial charge in [0.2, 0.25) is 5.75 Å². The standard InChI is InChI=1S/C26H34N2O5/c1-5-19-9-11-20(12-10-19)25(29)27-13-15-28(16-14-27)26(30)21-17-22(31-6-2)24(33-8-4)23(18-21)32-7-3/h9-12,17-18H,5-8,13-16H2,1-4H3. The van der Waals surface area contributed by atoms with Gasteiger partial charge >= 0.3 is 0 Å². The molecule has 0 aliphatic carbocycles. The Kier molecular flexibility index (Phi) is 8.58. The van der Waals surface area contributed by atoms with Gasteiger partial charge in [-0.1, -0.05) is 19.1 Å². The molecule has 1 saturated heterocycles. The van der Waals surface area contributed by atoms with Crippen LogP contribution in [-0.2, 0) is 6.42 Å². The van der Waals surface area contributed by atoms with E-state index in [2.05, 4.69) is 6.92 Å². The van der Waals surface area contributed by atoms with Crippen molar-refractivity contribution in [3.05, 3.63) is 53.1 Å². The molecule has 1 heterocycles. The summed E-state index contributed by atoms with van der Waals surface area (Å²) in [5, 5.41) is 0. The molecular weight excluding hydrogens is 420 g/mol. The second kappa shape index (κ2) is 11.6. The van der Waals surface area contributed by atoms with Crippen LogP contribution >= 0.6 is 0 Å². The van der Waals surface area contributed by atoms with Gasteiger partial charge in [-0.3, -0.25) is 9.59 Å². The van der Waals surface area contributed by atoms with Crippen molar-refractivity contribution in [2.24, 2.45) is 0 Å². The molecule has 0 atom stereocenters. The van der Waals surface area contributed by atoms with Crippen molar-refractivity contribution >= 4 is 11.8 Å². The Morgan fingerprint density at radius 1 is 0.697 bits per heavy atom. The van der Waals surface area contributed by atoms with Crippen LogP contribution in [0.25, 0.3) is 0 Å². The molecule has 0 saturated carbocycles. The van der Waals surface area contributed by atoms with E-state index in [-0.39, 0.29) is 11.8 Å². The Morgan fingerprint density at radius 2 is 1.15 bits per heavy atom. The molecule has 2 aromatic rings. The van der Waals surface area contributed by atoms with Gasteiger partial charge in [-0.05, 0) is 57.0 Å². The summed E-state index contributed by atoms with van der Waals surface area (Å²) in [6.07, 6.45) is 0.941. The third-order valence-electron chi connectivity index (χ3n) is 5.62. The number of ether oxygens (including phenoxy) is 3. The van der Waals surface area contributed by atoms with Crippen molar-refractivity contribution in [1.82, 2.24) is 9.80 Å². The molecule has 7 heteroatoms. The van der Waals surface area contributed by atoms with E-state index >= 15 is 0 Å². The Labute approximate surface area is 196 Å². The van der Waals surface area contributed by atoms with Gasteiger partial charge in [0.1, 0.15) is 0 Å². The fourth-order valence-electron chi connectivity index (χ4n) is 3.87. The summed E-state index contributed by atoms with van der Waals surface area (Å²) in [7, 11) is 0. The van der Waals surface area contributed by atoms with E-state index in [1.54, 1.807) is 21.9 Å². The molecule has 1 fully saturated rings. The first-order chi connectivity index (χ1) is 16.0. The van der Waals surface area contributed by atoms with E-state index < -0.39 is 0 Å². The number of rotatable bonds is 9. The number of benzene rings is 2. The third-order valence-corrected chi connectivity index (χ3v) is 5.62. The SMILES string of the molecule is CCOc1cc(C(=O)N2CCN(C(=O)c3ccc(CC)cc3)CC2)cc(OCC)c1OCC. The van der Waals surface area contributed by atoms with Crippen LogP contribution in [0.15, 0.2) is 36.4 Å². The molecule has 0 bridgehead atoms. The maximum absolute atomic E-state index is 13.3. The summed E-state index contributed by atoms with van der Waals surface area (Å²) in [4.78, 5) is 29.7. The number of carbonyl (C=O) groups is 2. The van der Waals surface area contributed by atoms with Gasteiger partial charge in [-0.25, -0.2) is 0 Å². The van der Waals surface area contributed by atoms with Crippen LogP contribution in [0.1, 0.15) is 54.0 Å². The maximum atomic E-state index is 13.3. The molecule has 0 radical (unpaired) electrons. The monoisotopic (exact) mass is 454 g/mol. The zero-order chi connectivity index (χ0) is 23.8. The normalized spacial score (nSPS) is 13.6. The zero-order valence-corrected chi connectivity index (χ0v) is 20.1. The van der Waals surface area contributed by atoms with Crippen molar-refractivity contribution in [2.75, 3.05) is 46.0 Å². The summed E-state index contributed by atoms with van der Waals surface area (Å²) in [6.45, 7) is 11.0. The molecule has 0 N–H and O–H groups in total. The van der Waals surface area contributed by atoms with Crippen LogP contribution < -0.4 is 14.2 Å². The number of carbonyl (C=O) groups excluding carboxylic acids is 2. The number of piperazine rings is 1. The summed E-state index contributed by atoms with van der Waals surface area (Å²) < 4.78 is 17.2. The fourth-order valence-corrected chi connectivity index (χ4v) is 3.87. The Balaban J connectivity index is 1.72. The maximum Gasteiger partial charge on any atom is 0.254 e. The van der Waals surface area contributed by atoms with Crippen molar-refractivity contribution < 1.29 is 23.8 Å². The Morgan fingerprint density at radius 3 is 1.58 bits per heavy atom. The fraction of sp³-hybridized carbons (Fsp3) is 0.462. The molecular formula is C26H34N2O5. The Hall–Kier alpha value is -3.22. The molecule has 178 valence electrons. The smallest absolute Gasteiger partial charge is 0.254 e. The summed E-state index contributed by atoms with van der Waals surface area (Å²) in [5.74, 6) is 1.40. The molecule has 0 aromatic heterocycles. The lowest BCUT2D eigenvalue weighted by Gasteiger charge is -2.35. The van der Waals surface area contributed by atoms with E-state index in [4.69, 9.17) is 14.2 Å². The second-order valence-corrected chi connectivity index (χ2v) is 7.74. The van der Waals surface area contributed by atoms with E-state index in [0.717, 1.165) is 6.42 Å². The van der Waals surface area contributed by atoms with E-state index in [0.29, 0.717) is 74.4 Å². The lowest BCUT2D eigenvalue weighted by molar-refractivity contribution is 0.0535. The first kappa shape index (κ1) is 24.4. The predicted octanol–water partition coefficient (Wildman–Crippen LogP) is 4.04. The van der Waals surface area contributed by atoms with Crippen LogP contribution in [-0.4, -0.2) is 67.6 Å². The highest BCUT2D eigenvalue weighted by Gasteiger charge is 2.27. The lowest BCUT2D eigenvalue weighted by Crippen LogP contribution is -2.50. The molecule has 0 unspecified atom stereocenters. The first-order valence-electron chi connectivity index (χ1n) is 11.8. The molecule has 7 nitrogen and oxygen atoms in total. The van der Waals surface area contributed by atoms with Crippen LogP contribution in [0, 0.1) is 0 Å². The number of amides is 2. The van der Waals surface area contributed by atoms with Gasteiger partial charge < -0.3 is 24.0 Å². The van der Waals surface area contributed by atoms with Crippen molar-refractivity contribution in [3.63, 3.8) is 0 Å². The highest BCUT2D eigenvalue weighted by molar-refractivity contribution is 5.97. The number of nitrogens with zero attached hydrogens (tertiary/aromatic N) is 2. The van der Waals surface area contributed by atoms with Crippen LogP contribution in [0.3, 0.4) is 0 Å².